The van der Waals surface area contributed by atoms with Crippen molar-refractivity contribution in [1.82, 2.24) is 0 Å². The van der Waals surface area contributed by atoms with Crippen molar-refractivity contribution in [1.29, 1.82) is 0 Å². The van der Waals surface area contributed by atoms with Crippen LogP contribution in [0.4, 0.5) is 14.5 Å². The van der Waals surface area contributed by atoms with Gasteiger partial charge in [0.2, 0.25) is 0 Å². The molecule has 0 radical (unpaired) electrons. The summed E-state index contributed by atoms with van der Waals surface area (Å²) in [6.45, 7) is 2.64. The van der Waals surface area contributed by atoms with Crippen LogP contribution in [0.1, 0.15) is 6.92 Å². The Kier molecular flexibility index (Phi) is 2.85. The fourth-order valence-electron chi connectivity index (χ4n) is 2.15. The highest BCUT2D eigenvalue weighted by atomic mass is 19.2. The molecule has 1 aliphatic heterocycles. The van der Waals surface area contributed by atoms with Gasteiger partial charge in [-0.1, -0.05) is 12.1 Å². The van der Waals surface area contributed by atoms with E-state index in [2.05, 4.69) is 5.32 Å². The maximum Gasteiger partial charge on any atom is 0.159 e. The third-order valence-electron chi connectivity index (χ3n) is 3.12. The highest BCUT2D eigenvalue weighted by Crippen LogP contribution is 2.33. The summed E-state index contributed by atoms with van der Waals surface area (Å²) in [5.74, 6) is -0.894. The minimum absolute atomic E-state index is 0.229. The molecule has 0 saturated heterocycles. The normalized spacial score (nSPS) is 17.3. The summed E-state index contributed by atoms with van der Waals surface area (Å²) in [4.78, 5) is 0. The van der Waals surface area contributed by atoms with Crippen LogP contribution in [-0.2, 0) is 0 Å². The van der Waals surface area contributed by atoms with Gasteiger partial charge in [-0.05, 0) is 42.3 Å². The zero-order chi connectivity index (χ0) is 13.4. The maximum atomic E-state index is 13.3. The fourth-order valence-corrected chi connectivity index (χ4v) is 2.15. The van der Waals surface area contributed by atoms with Gasteiger partial charge >= 0.3 is 0 Å². The molecule has 0 aromatic heterocycles. The molecule has 0 aliphatic carbocycles. The van der Waals surface area contributed by atoms with Gasteiger partial charge in [0.05, 0.1) is 11.7 Å². The second-order valence-electron chi connectivity index (χ2n) is 4.70. The SMILES string of the molecule is CC1COc2ccc(-c3ccc(F)c(F)c3)cc2N1. The van der Waals surface area contributed by atoms with Crippen LogP contribution in [0.3, 0.4) is 0 Å². The van der Waals surface area contributed by atoms with E-state index < -0.39 is 11.6 Å². The van der Waals surface area contributed by atoms with E-state index in [4.69, 9.17) is 4.74 Å². The van der Waals surface area contributed by atoms with Gasteiger partial charge in [-0.15, -0.1) is 0 Å². The second-order valence-corrected chi connectivity index (χ2v) is 4.70. The molecule has 0 bridgehead atoms. The first-order valence-electron chi connectivity index (χ1n) is 6.12. The summed E-state index contributed by atoms with van der Waals surface area (Å²) in [6.07, 6.45) is 0. The predicted octanol–water partition coefficient (Wildman–Crippen LogP) is 3.82. The van der Waals surface area contributed by atoms with Crippen LogP contribution in [0.2, 0.25) is 0 Å². The second kappa shape index (κ2) is 4.53. The van der Waals surface area contributed by atoms with Gasteiger partial charge in [0, 0.05) is 0 Å². The number of hydrogen-bond acceptors (Lipinski definition) is 2. The van der Waals surface area contributed by atoms with E-state index in [0.29, 0.717) is 12.2 Å². The molecule has 0 saturated carbocycles. The van der Waals surface area contributed by atoms with E-state index in [1.807, 2.05) is 25.1 Å². The van der Waals surface area contributed by atoms with Crippen molar-refractivity contribution in [3.8, 4) is 16.9 Å². The largest absolute Gasteiger partial charge is 0.489 e. The summed E-state index contributed by atoms with van der Waals surface area (Å²) < 4.78 is 31.8. The van der Waals surface area contributed by atoms with Gasteiger partial charge in [0.15, 0.2) is 11.6 Å². The number of anilines is 1. The number of rotatable bonds is 1. The molecule has 2 nitrogen and oxygen atoms in total. The highest BCUT2D eigenvalue weighted by molar-refractivity contribution is 5.72. The summed E-state index contributed by atoms with van der Waals surface area (Å²) in [5.41, 5.74) is 2.34. The van der Waals surface area contributed by atoms with Crippen LogP contribution in [0.5, 0.6) is 5.75 Å². The molecule has 4 heteroatoms. The van der Waals surface area contributed by atoms with Crippen molar-refractivity contribution in [2.75, 3.05) is 11.9 Å². The van der Waals surface area contributed by atoms with E-state index in [1.54, 1.807) is 6.07 Å². The van der Waals surface area contributed by atoms with Crippen LogP contribution in [-0.4, -0.2) is 12.6 Å². The summed E-state index contributed by atoms with van der Waals surface area (Å²) >= 11 is 0. The van der Waals surface area contributed by atoms with Crippen molar-refractivity contribution in [2.45, 2.75) is 13.0 Å². The Labute approximate surface area is 110 Å². The van der Waals surface area contributed by atoms with Crippen LogP contribution in [0.25, 0.3) is 11.1 Å². The van der Waals surface area contributed by atoms with Crippen molar-refractivity contribution >= 4 is 5.69 Å². The van der Waals surface area contributed by atoms with E-state index in [0.717, 1.165) is 23.1 Å². The van der Waals surface area contributed by atoms with Gasteiger partial charge < -0.3 is 10.1 Å². The Morgan fingerprint density at radius 3 is 2.58 bits per heavy atom. The molecule has 98 valence electrons. The zero-order valence-corrected chi connectivity index (χ0v) is 10.4. The third kappa shape index (κ3) is 2.26. The lowest BCUT2D eigenvalue weighted by Gasteiger charge is -2.25. The monoisotopic (exact) mass is 261 g/mol. The molecule has 1 unspecified atom stereocenters. The Morgan fingerprint density at radius 1 is 1.05 bits per heavy atom. The molecule has 1 N–H and O–H groups in total. The first kappa shape index (κ1) is 12.0. The van der Waals surface area contributed by atoms with Crippen molar-refractivity contribution in [3.05, 3.63) is 48.0 Å². The lowest BCUT2D eigenvalue weighted by atomic mass is 10.0. The molecule has 19 heavy (non-hydrogen) atoms. The van der Waals surface area contributed by atoms with E-state index in [9.17, 15) is 8.78 Å². The first-order chi connectivity index (χ1) is 9.13. The third-order valence-corrected chi connectivity index (χ3v) is 3.12. The molecule has 2 aromatic carbocycles. The van der Waals surface area contributed by atoms with Gasteiger partial charge in [-0.3, -0.25) is 0 Å². The number of nitrogens with one attached hydrogen (secondary N) is 1. The molecule has 1 atom stereocenters. The summed E-state index contributed by atoms with van der Waals surface area (Å²) in [5, 5.41) is 3.30. The lowest BCUT2D eigenvalue weighted by molar-refractivity contribution is 0.292. The van der Waals surface area contributed by atoms with Crippen LogP contribution >= 0.6 is 0 Å². The average molecular weight is 261 g/mol. The van der Waals surface area contributed by atoms with E-state index in [-0.39, 0.29) is 6.04 Å². The molecule has 3 rings (SSSR count). The van der Waals surface area contributed by atoms with Gasteiger partial charge in [0.25, 0.3) is 0 Å². The van der Waals surface area contributed by atoms with Crippen molar-refractivity contribution in [3.63, 3.8) is 0 Å². The minimum atomic E-state index is -0.840. The smallest absolute Gasteiger partial charge is 0.159 e. The van der Waals surface area contributed by atoms with E-state index >= 15 is 0 Å². The molecule has 0 fully saturated rings. The predicted molar refractivity (Wildman–Crippen MR) is 70.4 cm³/mol. The topological polar surface area (TPSA) is 21.3 Å². The zero-order valence-electron chi connectivity index (χ0n) is 10.4. The number of fused-ring (bicyclic) bond motifs is 1. The molecule has 2 aromatic rings. The molecule has 1 aliphatic rings. The van der Waals surface area contributed by atoms with Crippen LogP contribution in [0, 0.1) is 11.6 Å². The number of ether oxygens (including phenoxy) is 1. The molecular formula is C15H13F2NO. The summed E-state index contributed by atoms with van der Waals surface area (Å²) in [6, 6.07) is 9.69. The highest BCUT2D eigenvalue weighted by Gasteiger charge is 2.16. The van der Waals surface area contributed by atoms with Gasteiger partial charge in [0.1, 0.15) is 12.4 Å². The Balaban J connectivity index is 2.01. The standard InChI is InChI=1S/C15H13F2NO/c1-9-8-19-15-5-3-11(7-14(15)18-9)10-2-4-12(16)13(17)6-10/h2-7,9,18H,8H2,1H3. The fraction of sp³-hybridized carbons (Fsp3) is 0.200. The number of halogens is 2. The lowest BCUT2D eigenvalue weighted by Crippen LogP contribution is -2.28. The molecule has 0 amide bonds. The van der Waals surface area contributed by atoms with Crippen LogP contribution in [0.15, 0.2) is 36.4 Å². The first-order valence-corrected chi connectivity index (χ1v) is 6.12. The minimum Gasteiger partial charge on any atom is -0.489 e. The van der Waals surface area contributed by atoms with Crippen LogP contribution < -0.4 is 10.1 Å². The van der Waals surface area contributed by atoms with E-state index in [1.165, 1.54) is 6.07 Å². The Bertz CT molecular complexity index is 628. The summed E-state index contributed by atoms with van der Waals surface area (Å²) in [7, 11) is 0. The maximum absolute atomic E-state index is 13.3. The Morgan fingerprint density at radius 2 is 1.79 bits per heavy atom. The van der Waals surface area contributed by atoms with Crippen molar-refractivity contribution < 1.29 is 13.5 Å². The number of hydrogen-bond donors (Lipinski definition) is 1. The van der Waals surface area contributed by atoms with Gasteiger partial charge in [-0.2, -0.15) is 0 Å². The van der Waals surface area contributed by atoms with Crippen molar-refractivity contribution in [2.24, 2.45) is 0 Å². The molecule has 1 heterocycles. The Hall–Kier alpha value is -2.10. The van der Waals surface area contributed by atoms with Gasteiger partial charge in [-0.25, -0.2) is 8.78 Å². The average Bonchev–Trinajstić information content (AvgIpc) is 2.41. The molecular weight excluding hydrogens is 248 g/mol. The molecule has 0 spiro atoms. The number of benzene rings is 2. The quantitative estimate of drug-likeness (QED) is 0.842.